The topological polar surface area (TPSA) is 78.9 Å². The largest absolute Gasteiger partial charge is 0.496 e. The third kappa shape index (κ3) is 3.54. The van der Waals surface area contributed by atoms with Crippen molar-refractivity contribution >= 4 is 15.8 Å². The quantitative estimate of drug-likeness (QED) is 0.762. The first-order chi connectivity index (χ1) is 11.1. The van der Waals surface area contributed by atoms with Crippen molar-refractivity contribution in [2.45, 2.75) is 11.3 Å². The van der Waals surface area contributed by atoms with Crippen LogP contribution < -0.4 is 4.74 Å². The Bertz CT molecular complexity index is 708. The van der Waals surface area contributed by atoms with Crippen LogP contribution in [0.4, 0.5) is 0 Å². The van der Waals surface area contributed by atoms with E-state index in [9.17, 15) is 13.2 Å². The number of esters is 1. The lowest BCUT2D eigenvalue weighted by Crippen LogP contribution is -2.17. The van der Waals surface area contributed by atoms with Crippen molar-refractivity contribution in [1.29, 1.82) is 0 Å². The number of hydrogen-bond acceptors (Lipinski definition) is 6. The van der Waals surface area contributed by atoms with E-state index in [0.717, 1.165) is 19.2 Å². The lowest BCUT2D eigenvalue weighted by molar-refractivity contribution is 0.0597. The van der Waals surface area contributed by atoms with Gasteiger partial charge < -0.3 is 14.2 Å². The molecule has 0 aromatic heterocycles. The normalized spacial score (nSPS) is 21.2. The Morgan fingerprint density at radius 1 is 1.52 bits per heavy atom. The van der Waals surface area contributed by atoms with Gasteiger partial charge in [-0.05, 0) is 30.5 Å². The molecular weight excluding hydrogens is 296 g/mol. The predicted molar refractivity (Wildman–Crippen MR) is 75.3 cm³/mol. The SMILES string of the molecule is [2H]C([2H])([2H])Oc1ccc(S(=O)(=O)C[C@H]2CCOC2)cc1C(=O)OC. The smallest absolute Gasteiger partial charge is 0.341 e. The van der Waals surface area contributed by atoms with Crippen LogP contribution in [-0.4, -0.2) is 47.5 Å². The van der Waals surface area contributed by atoms with E-state index >= 15 is 0 Å². The first kappa shape index (κ1) is 12.0. The van der Waals surface area contributed by atoms with Gasteiger partial charge in [-0.25, -0.2) is 13.2 Å². The summed E-state index contributed by atoms with van der Waals surface area (Å²) in [7, 11) is -5.32. The van der Waals surface area contributed by atoms with E-state index < -0.39 is 22.8 Å². The molecule has 1 aromatic carbocycles. The molecule has 0 N–H and O–H groups in total. The molecule has 116 valence electrons. The first-order valence-electron chi connectivity index (χ1n) is 7.84. The summed E-state index contributed by atoms with van der Waals surface area (Å²) in [5, 5.41) is 0. The second-order valence-corrected chi connectivity index (χ2v) is 6.80. The van der Waals surface area contributed by atoms with Gasteiger partial charge in [0.25, 0.3) is 0 Å². The van der Waals surface area contributed by atoms with E-state index in [1.807, 2.05) is 0 Å². The lowest BCUT2D eigenvalue weighted by Gasteiger charge is -2.12. The van der Waals surface area contributed by atoms with Crippen LogP contribution in [0.25, 0.3) is 0 Å². The zero-order valence-corrected chi connectivity index (χ0v) is 12.3. The third-order valence-corrected chi connectivity index (χ3v) is 5.19. The van der Waals surface area contributed by atoms with Crippen molar-refractivity contribution < 1.29 is 31.5 Å². The summed E-state index contributed by atoms with van der Waals surface area (Å²) in [6.07, 6.45) is 0.656. The van der Waals surface area contributed by atoms with E-state index in [2.05, 4.69) is 4.74 Å². The number of carbonyl (C=O) groups excluding carboxylic acids is 1. The Balaban J connectivity index is 2.36. The zero-order chi connectivity index (χ0) is 18.0. The number of sulfone groups is 1. The van der Waals surface area contributed by atoms with E-state index in [1.165, 1.54) is 6.07 Å². The van der Waals surface area contributed by atoms with Gasteiger partial charge >= 0.3 is 5.97 Å². The molecule has 0 saturated carbocycles. The number of rotatable bonds is 5. The average Bonchev–Trinajstić information content (AvgIpc) is 2.97. The van der Waals surface area contributed by atoms with Crippen LogP contribution in [0.3, 0.4) is 0 Å². The Morgan fingerprint density at radius 2 is 2.33 bits per heavy atom. The highest BCUT2D eigenvalue weighted by Gasteiger charge is 2.26. The molecule has 1 saturated heterocycles. The van der Waals surface area contributed by atoms with E-state index in [0.29, 0.717) is 19.6 Å². The van der Waals surface area contributed by atoms with Crippen molar-refractivity contribution in [3.8, 4) is 5.75 Å². The standard InChI is InChI=1S/C14H18O6S/c1-18-13-4-3-11(7-12(13)14(15)19-2)21(16,17)9-10-5-6-20-8-10/h3-4,7,10H,5-6,8-9H2,1-2H3/t10-/m0/s1/i1D3. The number of hydrogen-bond donors (Lipinski definition) is 0. The van der Waals surface area contributed by atoms with Crippen molar-refractivity contribution in [1.82, 2.24) is 0 Å². The van der Waals surface area contributed by atoms with Crippen molar-refractivity contribution in [3.05, 3.63) is 23.8 Å². The Hall–Kier alpha value is -1.60. The summed E-state index contributed by atoms with van der Waals surface area (Å²) in [6, 6.07) is 3.45. The Labute approximate surface area is 128 Å². The fourth-order valence-corrected chi connectivity index (χ4v) is 3.83. The van der Waals surface area contributed by atoms with Gasteiger partial charge in [0.1, 0.15) is 11.3 Å². The van der Waals surface area contributed by atoms with E-state index in [1.54, 1.807) is 0 Å². The fourth-order valence-electron chi connectivity index (χ4n) is 2.18. The summed E-state index contributed by atoms with van der Waals surface area (Å²) in [4.78, 5) is 11.8. The van der Waals surface area contributed by atoms with E-state index in [-0.39, 0.29) is 27.9 Å². The molecule has 1 aliphatic rings. The minimum Gasteiger partial charge on any atom is -0.496 e. The van der Waals surface area contributed by atoms with Gasteiger partial charge in [0.2, 0.25) is 0 Å². The minimum atomic E-state index is -3.65. The molecule has 0 amide bonds. The summed E-state index contributed by atoms with van der Waals surface area (Å²) in [5.41, 5.74) is -0.252. The van der Waals surface area contributed by atoms with Crippen LogP contribution in [0, 0.1) is 5.92 Å². The fraction of sp³-hybridized carbons (Fsp3) is 0.500. The maximum absolute atomic E-state index is 12.5. The summed E-state index contributed by atoms with van der Waals surface area (Å²) in [5.74, 6) is -1.34. The highest BCUT2D eigenvalue weighted by molar-refractivity contribution is 7.91. The minimum absolute atomic E-state index is 0.0901. The van der Waals surface area contributed by atoms with Crippen molar-refractivity contribution in [2.75, 3.05) is 33.1 Å². The van der Waals surface area contributed by atoms with Gasteiger partial charge in [0.05, 0.1) is 35.5 Å². The van der Waals surface area contributed by atoms with Crippen molar-refractivity contribution in [2.24, 2.45) is 5.92 Å². The molecule has 0 bridgehead atoms. The Kier molecular flexibility index (Phi) is 3.68. The molecule has 0 radical (unpaired) electrons. The van der Waals surface area contributed by atoms with Crippen LogP contribution in [0.5, 0.6) is 5.75 Å². The van der Waals surface area contributed by atoms with Crippen LogP contribution in [0.1, 0.15) is 20.9 Å². The molecule has 1 heterocycles. The van der Waals surface area contributed by atoms with Crippen LogP contribution >= 0.6 is 0 Å². The molecule has 21 heavy (non-hydrogen) atoms. The number of carbonyl (C=O) groups is 1. The van der Waals surface area contributed by atoms with Gasteiger partial charge in [-0.3, -0.25) is 0 Å². The number of benzene rings is 1. The predicted octanol–water partition coefficient (Wildman–Crippen LogP) is 1.29. The van der Waals surface area contributed by atoms with Gasteiger partial charge in [0, 0.05) is 6.61 Å². The molecule has 0 spiro atoms. The van der Waals surface area contributed by atoms with Gasteiger partial charge in [-0.2, -0.15) is 0 Å². The lowest BCUT2D eigenvalue weighted by atomic mass is 10.2. The monoisotopic (exact) mass is 317 g/mol. The average molecular weight is 317 g/mol. The van der Waals surface area contributed by atoms with Gasteiger partial charge in [-0.1, -0.05) is 0 Å². The second-order valence-electron chi connectivity index (χ2n) is 4.76. The molecule has 1 aromatic rings. The van der Waals surface area contributed by atoms with E-state index in [4.69, 9.17) is 13.6 Å². The summed E-state index contributed by atoms with van der Waals surface area (Å²) < 4.78 is 60.8. The van der Waals surface area contributed by atoms with Gasteiger partial charge in [0.15, 0.2) is 9.84 Å². The molecule has 1 atom stereocenters. The maximum atomic E-state index is 12.5. The molecule has 0 unspecified atom stereocenters. The highest BCUT2D eigenvalue weighted by Crippen LogP contribution is 2.26. The summed E-state index contributed by atoms with van der Waals surface area (Å²) >= 11 is 0. The molecule has 6 nitrogen and oxygen atoms in total. The molecule has 7 heteroatoms. The van der Waals surface area contributed by atoms with Gasteiger partial charge in [-0.15, -0.1) is 0 Å². The van der Waals surface area contributed by atoms with Crippen LogP contribution in [0.15, 0.2) is 23.1 Å². The van der Waals surface area contributed by atoms with Crippen molar-refractivity contribution in [3.63, 3.8) is 0 Å². The van der Waals surface area contributed by atoms with Crippen LogP contribution in [-0.2, 0) is 19.3 Å². The molecule has 2 rings (SSSR count). The second kappa shape index (κ2) is 6.44. The Morgan fingerprint density at radius 3 is 2.95 bits per heavy atom. The van der Waals surface area contributed by atoms with Crippen LogP contribution in [0.2, 0.25) is 0 Å². The first-order valence-corrected chi connectivity index (χ1v) is 7.99. The zero-order valence-electron chi connectivity index (χ0n) is 14.5. The summed E-state index contributed by atoms with van der Waals surface area (Å²) in [6.45, 7) is 0.905. The molecule has 1 aliphatic heterocycles. The molecule has 1 fully saturated rings. The third-order valence-electron chi connectivity index (χ3n) is 3.30. The highest BCUT2D eigenvalue weighted by atomic mass is 32.2. The number of methoxy groups -OCH3 is 2. The molecule has 0 aliphatic carbocycles. The maximum Gasteiger partial charge on any atom is 0.341 e. The number of ether oxygens (including phenoxy) is 3. The molecular formula is C14H18O6S.